The van der Waals surface area contributed by atoms with Gasteiger partial charge in [0.1, 0.15) is 29.4 Å². The maximum Gasteiger partial charge on any atom is 0.143 e. The van der Waals surface area contributed by atoms with Crippen molar-refractivity contribution in [2.45, 2.75) is 39.0 Å². The van der Waals surface area contributed by atoms with Crippen molar-refractivity contribution in [3.05, 3.63) is 83.8 Å². The Labute approximate surface area is 209 Å². The molecule has 1 aliphatic heterocycles. The van der Waals surface area contributed by atoms with Crippen LogP contribution in [0.5, 0.6) is 0 Å². The normalized spacial score (nSPS) is 14.6. The van der Waals surface area contributed by atoms with E-state index >= 15 is 0 Å². The first kappa shape index (κ1) is 22.5. The van der Waals surface area contributed by atoms with Gasteiger partial charge in [-0.15, -0.1) is 0 Å². The molecule has 0 bridgehead atoms. The number of nitrogens with zero attached hydrogens (tertiary/aromatic N) is 4. The summed E-state index contributed by atoms with van der Waals surface area (Å²) in [4.78, 5) is 23.3. The van der Waals surface area contributed by atoms with Gasteiger partial charge in [0, 0.05) is 24.7 Å². The predicted molar refractivity (Wildman–Crippen MR) is 142 cm³/mol. The van der Waals surface area contributed by atoms with E-state index in [0.717, 1.165) is 77.7 Å². The van der Waals surface area contributed by atoms with E-state index in [1.807, 2.05) is 0 Å². The number of hydrogen-bond donors (Lipinski definition) is 2. The number of anilines is 1. The van der Waals surface area contributed by atoms with Gasteiger partial charge in [0.25, 0.3) is 0 Å². The zero-order valence-electron chi connectivity index (χ0n) is 20.6. The third-order valence-corrected chi connectivity index (χ3v) is 7.29. The predicted octanol–water partition coefficient (Wildman–Crippen LogP) is 6.41. The number of piperidine rings is 1. The van der Waals surface area contributed by atoms with Crippen LogP contribution >= 0.6 is 0 Å². The van der Waals surface area contributed by atoms with E-state index in [9.17, 15) is 4.39 Å². The van der Waals surface area contributed by atoms with Crippen LogP contribution in [0.25, 0.3) is 33.5 Å². The zero-order valence-corrected chi connectivity index (χ0v) is 20.6. The van der Waals surface area contributed by atoms with Gasteiger partial charge in [0.2, 0.25) is 0 Å². The molecule has 0 unspecified atom stereocenters. The highest BCUT2D eigenvalue weighted by Crippen LogP contribution is 2.34. The summed E-state index contributed by atoms with van der Waals surface area (Å²) in [6.07, 6.45) is 4.66. The van der Waals surface area contributed by atoms with Crippen LogP contribution in [0.1, 0.15) is 42.8 Å². The summed E-state index contributed by atoms with van der Waals surface area (Å²) in [5, 5.41) is 0.988. The van der Waals surface area contributed by atoms with Crippen molar-refractivity contribution in [3.63, 3.8) is 0 Å². The number of halogens is 1. The summed E-state index contributed by atoms with van der Waals surface area (Å²) in [7, 11) is 0. The zero-order chi connectivity index (χ0) is 24.6. The fourth-order valence-corrected chi connectivity index (χ4v) is 5.19. The Kier molecular flexibility index (Phi) is 5.76. The van der Waals surface area contributed by atoms with Crippen LogP contribution in [0.4, 0.5) is 10.2 Å². The maximum atomic E-state index is 13.4. The maximum absolute atomic E-state index is 13.4. The molecule has 1 saturated heterocycles. The molecule has 182 valence electrons. The molecule has 7 heteroatoms. The van der Waals surface area contributed by atoms with Gasteiger partial charge in [-0.1, -0.05) is 31.2 Å². The smallest absolute Gasteiger partial charge is 0.143 e. The van der Waals surface area contributed by atoms with E-state index in [0.29, 0.717) is 5.92 Å². The number of aromatic nitrogens is 5. The number of H-pyrrole nitrogens is 2. The van der Waals surface area contributed by atoms with Gasteiger partial charge in [-0.05, 0) is 73.2 Å². The average molecular weight is 481 g/mol. The molecule has 0 radical (unpaired) electrons. The molecule has 0 saturated carbocycles. The van der Waals surface area contributed by atoms with Gasteiger partial charge in [0.15, 0.2) is 0 Å². The lowest BCUT2D eigenvalue weighted by Crippen LogP contribution is -2.33. The summed E-state index contributed by atoms with van der Waals surface area (Å²) in [6, 6.07) is 17.3. The fourth-order valence-electron chi connectivity index (χ4n) is 5.19. The quantitative estimate of drug-likeness (QED) is 0.305. The first-order chi connectivity index (χ1) is 17.6. The molecule has 2 aromatic carbocycles. The van der Waals surface area contributed by atoms with E-state index < -0.39 is 0 Å². The highest BCUT2D eigenvalue weighted by atomic mass is 19.1. The monoisotopic (exact) mass is 480 g/mol. The second kappa shape index (κ2) is 9.22. The minimum atomic E-state index is -0.244. The van der Waals surface area contributed by atoms with Gasteiger partial charge in [-0.2, -0.15) is 0 Å². The summed E-state index contributed by atoms with van der Waals surface area (Å²) >= 11 is 0. The van der Waals surface area contributed by atoms with Gasteiger partial charge in [-0.3, -0.25) is 0 Å². The van der Waals surface area contributed by atoms with Crippen LogP contribution in [-0.2, 0) is 6.42 Å². The third kappa shape index (κ3) is 4.15. The number of benzene rings is 2. The SMILES string of the molecule is CCc1ccc(-c2[nH]c(C3CCN(c4ncnc5[nH]c(-c6ccc(F)cc6)cc45)CC3)nc2C)cc1. The van der Waals surface area contributed by atoms with Gasteiger partial charge < -0.3 is 14.9 Å². The first-order valence-corrected chi connectivity index (χ1v) is 12.6. The van der Waals surface area contributed by atoms with Crippen LogP contribution in [0.15, 0.2) is 60.9 Å². The number of aryl methyl sites for hydroxylation is 2. The lowest BCUT2D eigenvalue weighted by Gasteiger charge is -2.32. The molecule has 0 amide bonds. The van der Waals surface area contributed by atoms with Gasteiger partial charge in [-0.25, -0.2) is 19.3 Å². The van der Waals surface area contributed by atoms with Crippen molar-refractivity contribution in [1.29, 1.82) is 0 Å². The van der Waals surface area contributed by atoms with Crippen molar-refractivity contribution in [1.82, 2.24) is 24.9 Å². The molecule has 0 aliphatic carbocycles. The largest absolute Gasteiger partial charge is 0.356 e. The van der Waals surface area contributed by atoms with Crippen molar-refractivity contribution in [2.24, 2.45) is 0 Å². The summed E-state index contributed by atoms with van der Waals surface area (Å²) in [5.74, 6) is 2.17. The molecular weight excluding hydrogens is 451 g/mol. The van der Waals surface area contributed by atoms with Gasteiger partial charge in [0.05, 0.1) is 16.8 Å². The number of imidazole rings is 1. The van der Waals surface area contributed by atoms with E-state index in [2.05, 4.69) is 69.0 Å². The first-order valence-electron chi connectivity index (χ1n) is 12.6. The molecule has 36 heavy (non-hydrogen) atoms. The number of nitrogens with one attached hydrogen (secondary N) is 2. The second-order valence-electron chi connectivity index (χ2n) is 9.54. The molecule has 0 atom stereocenters. The van der Waals surface area contributed by atoms with Crippen molar-refractivity contribution in [3.8, 4) is 22.5 Å². The van der Waals surface area contributed by atoms with Crippen molar-refractivity contribution in [2.75, 3.05) is 18.0 Å². The van der Waals surface area contributed by atoms with Gasteiger partial charge >= 0.3 is 0 Å². The molecule has 0 spiro atoms. The molecule has 2 N–H and O–H groups in total. The van der Waals surface area contributed by atoms with E-state index in [4.69, 9.17) is 4.98 Å². The van der Waals surface area contributed by atoms with Crippen LogP contribution in [-0.4, -0.2) is 38.0 Å². The third-order valence-electron chi connectivity index (χ3n) is 7.29. The highest BCUT2D eigenvalue weighted by Gasteiger charge is 2.26. The number of aromatic amines is 2. The Bertz CT molecular complexity index is 1490. The Morgan fingerprint density at radius 3 is 2.39 bits per heavy atom. The highest BCUT2D eigenvalue weighted by molar-refractivity contribution is 5.92. The van der Waals surface area contributed by atoms with Crippen molar-refractivity contribution >= 4 is 16.9 Å². The second-order valence-corrected chi connectivity index (χ2v) is 9.54. The number of hydrogen-bond acceptors (Lipinski definition) is 4. The van der Waals surface area contributed by atoms with E-state index in [1.54, 1.807) is 18.5 Å². The lowest BCUT2D eigenvalue weighted by molar-refractivity contribution is 0.487. The Hall–Kier alpha value is -4.00. The number of rotatable bonds is 5. The topological polar surface area (TPSA) is 73.5 Å². The molecule has 4 heterocycles. The number of fused-ring (bicyclic) bond motifs is 1. The fraction of sp³-hybridized carbons (Fsp3) is 0.276. The van der Waals surface area contributed by atoms with E-state index in [-0.39, 0.29) is 5.82 Å². The average Bonchev–Trinajstić information content (AvgIpc) is 3.53. The van der Waals surface area contributed by atoms with E-state index in [1.165, 1.54) is 23.3 Å². The van der Waals surface area contributed by atoms with Crippen molar-refractivity contribution < 1.29 is 4.39 Å². The van der Waals surface area contributed by atoms with Crippen LogP contribution in [0.3, 0.4) is 0 Å². The molecule has 1 aliphatic rings. The molecule has 5 aromatic rings. The standard InChI is InChI=1S/C29H29FN6/c1-3-19-4-6-21(7-5-19)26-18(2)33-27(35-26)22-12-14-36(15-13-22)29-24-16-25(34-28(24)31-17-32-29)20-8-10-23(30)11-9-20/h4-11,16-17,22H,3,12-15H2,1-2H3,(H,33,35)(H,31,32,34). The Morgan fingerprint density at radius 1 is 0.944 bits per heavy atom. The lowest BCUT2D eigenvalue weighted by atomic mass is 9.96. The summed E-state index contributed by atoms with van der Waals surface area (Å²) in [5.41, 5.74) is 7.33. The summed E-state index contributed by atoms with van der Waals surface area (Å²) < 4.78 is 13.4. The van der Waals surface area contributed by atoms with Crippen LogP contribution in [0.2, 0.25) is 0 Å². The van der Waals surface area contributed by atoms with Crippen LogP contribution < -0.4 is 4.90 Å². The van der Waals surface area contributed by atoms with Crippen LogP contribution in [0, 0.1) is 12.7 Å². The summed E-state index contributed by atoms with van der Waals surface area (Å²) in [6.45, 7) is 6.05. The minimum Gasteiger partial charge on any atom is -0.356 e. The molecule has 6 rings (SSSR count). The minimum absolute atomic E-state index is 0.244. The molecular formula is C29H29FN6. The Balaban J connectivity index is 1.20. The molecule has 3 aromatic heterocycles. The molecule has 6 nitrogen and oxygen atoms in total. The Morgan fingerprint density at radius 2 is 1.67 bits per heavy atom. The molecule has 1 fully saturated rings.